The first-order chi connectivity index (χ1) is 9.67. The van der Waals surface area contributed by atoms with E-state index < -0.39 is 0 Å². The zero-order valence-corrected chi connectivity index (χ0v) is 12.3. The second kappa shape index (κ2) is 6.75. The fourth-order valence-corrected chi connectivity index (χ4v) is 2.49. The summed E-state index contributed by atoms with van der Waals surface area (Å²) in [7, 11) is 0. The van der Waals surface area contributed by atoms with E-state index in [0.29, 0.717) is 17.1 Å². The lowest BCUT2D eigenvalue weighted by atomic mass is 10.1. The van der Waals surface area contributed by atoms with Crippen LogP contribution < -0.4 is 10.6 Å². The zero-order valence-electron chi connectivity index (χ0n) is 11.5. The number of benzene rings is 1. The quantitative estimate of drug-likeness (QED) is 0.497. The predicted octanol–water partition coefficient (Wildman–Crippen LogP) is 3.08. The van der Waals surface area contributed by atoms with Crippen molar-refractivity contribution in [1.29, 1.82) is 0 Å². The lowest BCUT2D eigenvalue weighted by Crippen LogP contribution is -2.39. The molecule has 3 nitrogen and oxygen atoms in total. The topological polar surface area (TPSA) is 36.4 Å². The van der Waals surface area contributed by atoms with Crippen molar-refractivity contribution in [3.8, 4) is 0 Å². The van der Waals surface area contributed by atoms with Crippen molar-refractivity contribution in [2.45, 2.75) is 25.3 Å². The van der Waals surface area contributed by atoms with E-state index in [0.717, 1.165) is 18.9 Å². The lowest BCUT2D eigenvalue weighted by Gasteiger charge is -2.11. The number of nitrogens with one attached hydrogen (secondary N) is 2. The van der Waals surface area contributed by atoms with Gasteiger partial charge in [-0.05, 0) is 25.5 Å². The SMILES string of the molecule is C=CCN=C(NCC)NC1CC1c1c(F)cccc1Cl. The molecule has 0 spiro atoms. The minimum Gasteiger partial charge on any atom is -0.357 e. The van der Waals surface area contributed by atoms with E-state index in [9.17, 15) is 4.39 Å². The fourth-order valence-electron chi connectivity index (χ4n) is 2.19. The van der Waals surface area contributed by atoms with Crippen LogP contribution >= 0.6 is 11.6 Å². The van der Waals surface area contributed by atoms with Crippen molar-refractivity contribution >= 4 is 17.6 Å². The van der Waals surface area contributed by atoms with Crippen molar-refractivity contribution < 1.29 is 4.39 Å². The smallest absolute Gasteiger partial charge is 0.191 e. The van der Waals surface area contributed by atoms with E-state index in [1.165, 1.54) is 6.07 Å². The minimum absolute atomic E-state index is 0.108. The Kier molecular flexibility index (Phi) is 5.01. The number of guanidine groups is 1. The number of aliphatic imine (C=N–C) groups is 1. The van der Waals surface area contributed by atoms with E-state index in [2.05, 4.69) is 22.2 Å². The van der Waals surface area contributed by atoms with E-state index in [4.69, 9.17) is 11.6 Å². The van der Waals surface area contributed by atoms with Gasteiger partial charge in [-0.15, -0.1) is 6.58 Å². The van der Waals surface area contributed by atoms with Crippen LogP contribution in [0.4, 0.5) is 4.39 Å². The Bertz CT molecular complexity index is 496. The third-order valence-electron chi connectivity index (χ3n) is 3.21. The van der Waals surface area contributed by atoms with Crippen LogP contribution in [0.2, 0.25) is 5.02 Å². The molecule has 1 fully saturated rings. The average Bonchev–Trinajstić information content (AvgIpc) is 3.15. The molecule has 5 heteroatoms. The van der Waals surface area contributed by atoms with Gasteiger partial charge in [-0.3, -0.25) is 0 Å². The van der Waals surface area contributed by atoms with E-state index in [-0.39, 0.29) is 17.8 Å². The molecule has 20 heavy (non-hydrogen) atoms. The Morgan fingerprint density at radius 2 is 2.40 bits per heavy atom. The number of halogens is 2. The zero-order chi connectivity index (χ0) is 14.5. The van der Waals surface area contributed by atoms with Crippen LogP contribution in [0.5, 0.6) is 0 Å². The molecule has 0 amide bonds. The molecule has 1 aromatic carbocycles. The molecule has 0 aliphatic heterocycles. The third-order valence-corrected chi connectivity index (χ3v) is 3.54. The van der Waals surface area contributed by atoms with Gasteiger partial charge in [0.05, 0.1) is 6.54 Å². The molecule has 2 atom stereocenters. The summed E-state index contributed by atoms with van der Waals surface area (Å²) in [5.41, 5.74) is 0.603. The van der Waals surface area contributed by atoms with Crippen LogP contribution in [0.1, 0.15) is 24.8 Å². The molecule has 0 bridgehead atoms. The third kappa shape index (κ3) is 3.51. The van der Waals surface area contributed by atoms with Gasteiger partial charge in [-0.1, -0.05) is 23.7 Å². The summed E-state index contributed by atoms with van der Waals surface area (Å²) in [5, 5.41) is 6.94. The maximum atomic E-state index is 13.8. The number of hydrogen-bond acceptors (Lipinski definition) is 1. The van der Waals surface area contributed by atoms with Gasteiger partial charge in [0.1, 0.15) is 5.82 Å². The fraction of sp³-hybridized carbons (Fsp3) is 0.400. The summed E-state index contributed by atoms with van der Waals surface area (Å²) in [4.78, 5) is 4.33. The maximum Gasteiger partial charge on any atom is 0.191 e. The van der Waals surface area contributed by atoms with Gasteiger partial charge < -0.3 is 10.6 Å². The van der Waals surface area contributed by atoms with Crippen LogP contribution in [0.15, 0.2) is 35.8 Å². The predicted molar refractivity (Wildman–Crippen MR) is 81.9 cm³/mol. The molecule has 1 aromatic rings. The summed E-state index contributed by atoms with van der Waals surface area (Å²) < 4.78 is 13.8. The van der Waals surface area contributed by atoms with Crippen molar-refractivity contribution in [3.05, 3.63) is 47.3 Å². The number of rotatable bonds is 5. The Hall–Kier alpha value is -1.55. The first-order valence-corrected chi connectivity index (χ1v) is 7.14. The van der Waals surface area contributed by atoms with Gasteiger partial charge in [0.2, 0.25) is 0 Å². The standard InChI is InChI=1S/C15H19ClFN3/c1-3-8-19-15(18-4-2)20-13-9-10(13)14-11(16)6-5-7-12(14)17/h3,5-7,10,13H,1,4,8-9H2,2H3,(H2,18,19,20). The van der Waals surface area contributed by atoms with Crippen molar-refractivity contribution in [3.63, 3.8) is 0 Å². The Labute approximate surface area is 123 Å². The number of hydrogen-bond donors (Lipinski definition) is 2. The van der Waals surface area contributed by atoms with Gasteiger partial charge in [0, 0.05) is 29.1 Å². The summed E-state index contributed by atoms with van der Waals surface area (Å²) in [5.74, 6) is 0.600. The Morgan fingerprint density at radius 1 is 1.60 bits per heavy atom. The van der Waals surface area contributed by atoms with E-state index in [1.807, 2.05) is 6.92 Å². The molecule has 108 valence electrons. The highest BCUT2D eigenvalue weighted by molar-refractivity contribution is 6.31. The molecule has 0 saturated heterocycles. The van der Waals surface area contributed by atoms with Gasteiger partial charge in [0.15, 0.2) is 5.96 Å². The van der Waals surface area contributed by atoms with Crippen molar-refractivity contribution in [2.24, 2.45) is 4.99 Å². The van der Waals surface area contributed by atoms with Gasteiger partial charge in [0.25, 0.3) is 0 Å². The molecular formula is C15H19ClFN3. The Balaban J connectivity index is 2.02. The van der Waals surface area contributed by atoms with Crippen molar-refractivity contribution in [2.75, 3.05) is 13.1 Å². The summed E-state index contributed by atoms with van der Waals surface area (Å²) in [6.07, 6.45) is 2.59. The van der Waals surface area contributed by atoms with Crippen LogP contribution in [0.3, 0.4) is 0 Å². The molecule has 0 aromatic heterocycles. The van der Waals surface area contributed by atoms with Gasteiger partial charge >= 0.3 is 0 Å². The largest absolute Gasteiger partial charge is 0.357 e. The first kappa shape index (κ1) is 14.9. The average molecular weight is 296 g/mol. The first-order valence-electron chi connectivity index (χ1n) is 6.77. The summed E-state index contributed by atoms with van der Waals surface area (Å²) in [6, 6.07) is 4.98. The molecule has 1 aliphatic rings. The van der Waals surface area contributed by atoms with Crippen LogP contribution in [-0.2, 0) is 0 Å². The molecule has 2 N–H and O–H groups in total. The lowest BCUT2D eigenvalue weighted by molar-refractivity contribution is 0.608. The van der Waals surface area contributed by atoms with Gasteiger partial charge in [-0.25, -0.2) is 9.38 Å². The molecule has 0 radical (unpaired) electrons. The van der Waals surface area contributed by atoms with Crippen LogP contribution in [-0.4, -0.2) is 25.1 Å². The maximum absolute atomic E-state index is 13.8. The molecule has 1 saturated carbocycles. The van der Waals surface area contributed by atoms with E-state index in [1.54, 1.807) is 18.2 Å². The van der Waals surface area contributed by atoms with Crippen molar-refractivity contribution in [1.82, 2.24) is 10.6 Å². The second-order valence-electron chi connectivity index (χ2n) is 4.74. The number of nitrogens with zero attached hydrogens (tertiary/aromatic N) is 1. The highest BCUT2D eigenvalue weighted by atomic mass is 35.5. The molecule has 2 unspecified atom stereocenters. The normalized spacial score (nSPS) is 21.4. The second-order valence-corrected chi connectivity index (χ2v) is 5.14. The Morgan fingerprint density at radius 3 is 3.05 bits per heavy atom. The van der Waals surface area contributed by atoms with Crippen LogP contribution in [0.25, 0.3) is 0 Å². The highest BCUT2D eigenvalue weighted by Gasteiger charge is 2.41. The van der Waals surface area contributed by atoms with Crippen LogP contribution in [0, 0.1) is 5.82 Å². The monoisotopic (exact) mass is 295 g/mol. The summed E-state index contributed by atoms with van der Waals surface area (Å²) in [6.45, 7) is 6.97. The molecule has 2 rings (SSSR count). The minimum atomic E-state index is -0.236. The molecule has 1 aliphatic carbocycles. The highest BCUT2D eigenvalue weighted by Crippen LogP contribution is 2.44. The summed E-state index contributed by atoms with van der Waals surface area (Å²) >= 11 is 6.08. The van der Waals surface area contributed by atoms with E-state index >= 15 is 0 Å². The van der Waals surface area contributed by atoms with Gasteiger partial charge in [-0.2, -0.15) is 0 Å². The molecule has 0 heterocycles. The molecular weight excluding hydrogens is 277 g/mol.